The normalized spacial score (nSPS) is 10.2. The minimum atomic E-state index is -4.00. The maximum absolute atomic E-state index is 10.3. The average molecular weight is 227 g/mol. The molecule has 1 rings (SSSR count). The Labute approximate surface area is 87.0 Å². The summed E-state index contributed by atoms with van der Waals surface area (Å²) in [5, 5.41) is 0.752. The molecule has 0 spiro atoms. The molecule has 0 amide bonds. The quantitative estimate of drug-likeness (QED) is 0.350. The predicted molar refractivity (Wildman–Crippen MR) is 56.5 cm³/mol. The van der Waals surface area contributed by atoms with Gasteiger partial charge in [0.05, 0.1) is 5.41 Å². The summed E-state index contributed by atoms with van der Waals surface area (Å²) in [6.07, 6.45) is 1.33. The van der Waals surface area contributed by atoms with Crippen LogP contribution in [0.3, 0.4) is 0 Å². The largest absolute Gasteiger partial charge is 0.287 e. The first-order chi connectivity index (χ1) is 6.99. The Bertz CT molecular complexity index is 447. The van der Waals surface area contributed by atoms with Crippen molar-refractivity contribution in [3.63, 3.8) is 0 Å². The van der Waals surface area contributed by atoms with Crippen LogP contribution in [0.4, 0.5) is 0 Å². The fourth-order valence-electron chi connectivity index (χ4n) is 0.729. The summed E-state index contributed by atoms with van der Waals surface area (Å²) in [5.41, 5.74) is 13.0. The van der Waals surface area contributed by atoms with Gasteiger partial charge in [-0.2, -0.15) is 8.42 Å². The second-order valence-electron chi connectivity index (χ2n) is 2.33. The van der Waals surface area contributed by atoms with Crippen LogP contribution in [0.15, 0.2) is 35.7 Å². The van der Waals surface area contributed by atoms with E-state index in [1.54, 1.807) is 29.2 Å². The van der Waals surface area contributed by atoms with Crippen molar-refractivity contribution in [3.8, 4) is 0 Å². The molecule has 15 heavy (non-hydrogen) atoms. The lowest BCUT2D eigenvalue weighted by molar-refractivity contribution is 0.494. The molecule has 0 aliphatic carbocycles. The first-order valence-electron chi connectivity index (χ1n) is 3.71. The van der Waals surface area contributed by atoms with Crippen LogP contribution >= 0.6 is 0 Å². The smallest absolute Gasteiger partial charge is 0.282 e. The molecule has 1 aromatic carbocycles. The molecule has 0 atom stereocenters. The lowest BCUT2D eigenvalue weighted by Crippen LogP contribution is -1.88. The summed E-state index contributed by atoms with van der Waals surface area (Å²) in [4.78, 5) is 1.75. The van der Waals surface area contributed by atoms with E-state index in [1.807, 2.05) is 6.07 Å². The van der Waals surface area contributed by atoms with Gasteiger partial charge in [0.1, 0.15) is 0 Å². The summed E-state index contributed by atoms with van der Waals surface area (Å²) < 4.78 is 28.9. The molecule has 80 valence electrons. The van der Waals surface area contributed by atoms with E-state index in [-0.39, 0.29) is 0 Å². The molecule has 0 aromatic heterocycles. The number of hydrogen-bond acceptors (Lipinski definition) is 3. The fraction of sp³-hybridized carbons (Fsp3) is 0. The van der Waals surface area contributed by atoms with Gasteiger partial charge >= 0.3 is 0 Å². The molecule has 7 heteroatoms. The molecule has 2 N–H and O–H groups in total. The molecule has 6 nitrogen and oxygen atoms in total. The van der Waals surface area contributed by atoms with E-state index in [0.717, 1.165) is 11.0 Å². The van der Waals surface area contributed by atoms with E-state index in [0.29, 0.717) is 0 Å². The molecule has 0 aliphatic rings. The van der Waals surface area contributed by atoms with Crippen LogP contribution in [0.2, 0.25) is 0 Å². The Morgan fingerprint density at radius 3 is 2.20 bits per heavy atom. The Kier molecular flexibility index (Phi) is 5.81. The van der Waals surface area contributed by atoms with Gasteiger partial charge in [-0.25, -0.2) is 0 Å². The first-order valence-corrected chi connectivity index (χ1v) is 5.21. The third-order valence-electron chi connectivity index (χ3n) is 1.23. The summed E-state index contributed by atoms with van der Waals surface area (Å²) in [7, 11) is -4.00. The van der Waals surface area contributed by atoms with E-state index in [2.05, 4.69) is 0 Å². The molecule has 0 saturated heterocycles. The molecule has 0 saturated carbocycles. The molecule has 1 aromatic rings. The van der Waals surface area contributed by atoms with Gasteiger partial charge in [-0.05, 0) is 22.1 Å². The van der Waals surface area contributed by atoms with Crippen molar-refractivity contribution in [2.45, 2.75) is 0 Å². The minimum Gasteiger partial charge on any atom is -0.282 e. The van der Waals surface area contributed by atoms with Gasteiger partial charge in [0, 0.05) is 0 Å². The second-order valence-corrected chi connectivity index (χ2v) is 3.63. The van der Waals surface area contributed by atoms with E-state index in [9.17, 15) is 8.42 Å². The van der Waals surface area contributed by atoms with Crippen LogP contribution < -0.4 is 0 Å². The average Bonchev–Trinajstić information content (AvgIpc) is 2.17. The highest BCUT2D eigenvalue weighted by Gasteiger charge is 1.94. The molecule has 0 aliphatic heterocycles. The van der Waals surface area contributed by atoms with Crippen molar-refractivity contribution < 1.29 is 13.0 Å². The van der Waals surface area contributed by atoms with Crippen molar-refractivity contribution in [3.05, 3.63) is 51.7 Å². The molecular formula is C8H9N3O3S. The second kappa shape index (κ2) is 6.61. The molecular weight excluding hydrogens is 218 g/mol. The maximum Gasteiger partial charge on any atom is 0.287 e. The van der Waals surface area contributed by atoms with Crippen LogP contribution in [-0.2, 0) is 10.1 Å². The molecule has 0 fully saturated rings. The van der Waals surface area contributed by atoms with Gasteiger partial charge in [-0.1, -0.05) is 30.3 Å². The molecule has 0 radical (unpaired) electrons. The van der Waals surface area contributed by atoms with Gasteiger partial charge in [0.2, 0.25) is 0 Å². The van der Waals surface area contributed by atoms with Crippen molar-refractivity contribution >= 4 is 16.2 Å². The first kappa shape index (κ1) is 13.2. The van der Waals surface area contributed by atoms with E-state index in [1.165, 1.54) is 6.08 Å². The minimum absolute atomic E-state index is 0.732. The lowest BCUT2D eigenvalue weighted by atomic mass is 10.2. The maximum atomic E-state index is 10.3. The number of hydrogen-bond donors (Lipinski definition) is 2. The van der Waals surface area contributed by atoms with Crippen LogP contribution in [0, 0.1) is 5.53 Å². The van der Waals surface area contributed by atoms with Crippen molar-refractivity contribution in [2.75, 3.05) is 0 Å². The monoisotopic (exact) mass is 227 g/mol. The zero-order valence-corrected chi connectivity index (χ0v) is 8.42. The predicted octanol–water partition coefficient (Wildman–Crippen LogP) is 2.42. The summed E-state index contributed by atoms with van der Waals surface area (Å²) in [6.45, 7) is 0. The number of benzene rings is 1. The number of nitrogens with one attached hydrogen (secondary N) is 1. The Morgan fingerprint density at radius 1 is 1.33 bits per heavy atom. The zero-order chi connectivity index (χ0) is 11.7. The number of rotatable bonds is 2. The standard InChI is InChI=1S/C8H8O3S.HN3/c9-12(10,11)7-6-8-4-2-1-3-5-8;1-3-2/h1-7H,(H,9,10,11);1H. The topological polar surface area (TPSA) is 115 Å². The zero-order valence-electron chi connectivity index (χ0n) is 7.61. The summed E-state index contributed by atoms with van der Waals surface area (Å²) in [5.74, 6) is 0. The van der Waals surface area contributed by atoms with Crippen molar-refractivity contribution in [1.29, 1.82) is 5.53 Å². The molecule has 0 unspecified atom stereocenters. The van der Waals surface area contributed by atoms with Crippen molar-refractivity contribution in [1.82, 2.24) is 0 Å². The van der Waals surface area contributed by atoms with Crippen molar-refractivity contribution in [2.24, 2.45) is 0 Å². The third-order valence-corrected chi connectivity index (χ3v) is 1.71. The highest BCUT2D eigenvalue weighted by molar-refractivity contribution is 7.88. The van der Waals surface area contributed by atoms with Gasteiger partial charge in [-0.3, -0.25) is 4.55 Å². The highest BCUT2D eigenvalue weighted by atomic mass is 32.2. The Balaban J connectivity index is 0.000000583. The van der Waals surface area contributed by atoms with Crippen LogP contribution in [0.1, 0.15) is 5.56 Å². The van der Waals surface area contributed by atoms with Crippen LogP contribution in [0.25, 0.3) is 16.5 Å². The van der Waals surface area contributed by atoms with Gasteiger partial charge < -0.3 is 0 Å². The lowest BCUT2D eigenvalue weighted by Gasteiger charge is -1.89. The van der Waals surface area contributed by atoms with Gasteiger partial charge in [-0.15, -0.1) is 5.53 Å². The van der Waals surface area contributed by atoms with E-state index < -0.39 is 10.1 Å². The highest BCUT2D eigenvalue weighted by Crippen LogP contribution is 2.01. The fourth-order valence-corrected chi connectivity index (χ4v) is 1.06. The van der Waals surface area contributed by atoms with E-state index in [4.69, 9.17) is 15.6 Å². The molecule has 0 bridgehead atoms. The van der Waals surface area contributed by atoms with Gasteiger partial charge in [0.25, 0.3) is 10.1 Å². The SMILES string of the molecule is O=S(=O)(O)C=Cc1ccccc1.[N-]=[N+]=N. The molecule has 0 heterocycles. The van der Waals surface area contributed by atoms with Gasteiger partial charge in [0.15, 0.2) is 0 Å². The summed E-state index contributed by atoms with van der Waals surface area (Å²) >= 11 is 0. The third kappa shape index (κ3) is 8.51. The Hall–Kier alpha value is -1.82. The number of nitrogens with zero attached hydrogens (tertiary/aromatic N) is 2. The van der Waals surface area contributed by atoms with Crippen LogP contribution in [-0.4, -0.2) is 13.0 Å². The Morgan fingerprint density at radius 2 is 1.80 bits per heavy atom. The summed E-state index contributed by atoms with van der Waals surface area (Å²) in [6, 6.07) is 8.86. The van der Waals surface area contributed by atoms with Crippen LogP contribution in [0.5, 0.6) is 0 Å². The van der Waals surface area contributed by atoms with E-state index >= 15 is 0 Å².